The normalized spacial score (nSPS) is 15.0. The molecule has 128 valence electrons. The van der Waals surface area contributed by atoms with Crippen molar-refractivity contribution in [1.82, 2.24) is 0 Å². The molecule has 0 aliphatic carbocycles. The number of amidine groups is 1. The van der Waals surface area contributed by atoms with Crippen molar-refractivity contribution in [3.05, 3.63) is 101 Å². The van der Waals surface area contributed by atoms with Crippen molar-refractivity contribution in [2.75, 3.05) is 11.9 Å². The van der Waals surface area contributed by atoms with Gasteiger partial charge in [0.05, 0.1) is 18.8 Å². The van der Waals surface area contributed by atoms with E-state index in [0.717, 1.165) is 28.4 Å². The average molecular weight is 360 g/mol. The van der Waals surface area contributed by atoms with Crippen molar-refractivity contribution in [2.24, 2.45) is 9.98 Å². The Labute approximate surface area is 158 Å². The quantitative estimate of drug-likeness (QED) is 0.685. The summed E-state index contributed by atoms with van der Waals surface area (Å²) in [5, 5.41) is 4.13. The van der Waals surface area contributed by atoms with Crippen LogP contribution in [-0.2, 0) is 6.54 Å². The maximum atomic E-state index is 6.25. The monoisotopic (exact) mass is 359 g/mol. The van der Waals surface area contributed by atoms with Gasteiger partial charge in [-0.05, 0) is 23.8 Å². The summed E-state index contributed by atoms with van der Waals surface area (Å²) in [4.78, 5) is 9.56. The average Bonchev–Trinajstić information content (AvgIpc) is 2.87. The van der Waals surface area contributed by atoms with Gasteiger partial charge in [0.2, 0.25) is 0 Å². The first-order valence-electron chi connectivity index (χ1n) is 8.54. The van der Waals surface area contributed by atoms with Gasteiger partial charge in [-0.1, -0.05) is 72.3 Å². The summed E-state index contributed by atoms with van der Waals surface area (Å²) < 4.78 is 0. The van der Waals surface area contributed by atoms with E-state index in [2.05, 4.69) is 29.6 Å². The number of halogens is 1. The molecule has 3 nitrogen and oxygen atoms in total. The lowest BCUT2D eigenvalue weighted by Gasteiger charge is -2.11. The molecule has 0 fully saturated rings. The van der Waals surface area contributed by atoms with Gasteiger partial charge in [0.1, 0.15) is 5.84 Å². The number of rotatable bonds is 3. The third-order valence-corrected chi connectivity index (χ3v) is 4.48. The third-order valence-electron chi connectivity index (χ3n) is 4.25. The fourth-order valence-electron chi connectivity index (χ4n) is 2.96. The molecule has 3 aromatic carbocycles. The molecule has 0 aromatic heterocycles. The first kappa shape index (κ1) is 16.6. The van der Waals surface area contributed by atoms with Crippen molar-refractivity contribution in [1.29, 1.82) is 0 Å². The van der Waals surface area contributed by atoms with Crippen molar-refractivity contribution in [3.63, 3.8) is 0 Å². The Morgan fingerprint density at radius 2 is 1.65 bits per heavy atom. The number of nitrogens with zero attached hydrogens (tertiary/aromatic N) is 2. The topological polar surface area (TPSA) is 36.8 Å². The van der Waals surface area contributed by atoms with E-state index < -0.39 is 0 Å². The van der Waals surface area contributed by atoms with Crippen LogP contribution in [0, 0.1) is 0 Å². The van der Waals surface area contributed by atoms with Crippen LogP contribution in [0.25, 0.3) is 0 Å². The second-order valence-electron chi connectivity index (χ2n) is 6.09. The van der Waals surface area contributed by atoms with E-state index in [4.69, 9.17) is 21.6 Å². The first-order chi connectivity index (χ1) is 12.8. The van der Waals surface area contributed by atoms with Crippen LogP contribution < -0.4 is 5.32 Å². The number of anilines is 1. The van der Waals surface area contributed by atoms with E-state index in [9.17, 15) is 0 Å². The van der Waals surface area contributed by atoms with Crippen molar-refractivity contribution < 1.29 is 0 Å². The van der Waals surface area contributed by atoms with Crippen LogP contribution in [0.4, 0.5) is 5.69 Å². The summed E-state index contributed by atoms with van der Waals surface area (Å²) in [5.74, 6) is 0.850. The van der Waals surface area contributed by atoms with Crippen molar-refractivity contribution in [3.8, 4) is 0 Å². The zero-order valence-electron chi connectivity index (χ0n) is 14.2. The maximum Gasteiger partial charge on any atom is 0.123 e. The zero-order chi connectivity index (χ0) is 17.8. The Hall–Kier alpha value is -2.91. The molecule has 1 heterocycles. The van der Waals surface area contributed by atoms with Crippen LogP contribution >= 0.6 is 11.6 Å². The second-order valence-corrected chi connectivity index (χ2v) is 6.53. The Kier molecular flexibility index (Phi) is 4.80. The molecule has 0 atom stereocenters. The smallest absolute Gasteiger partial charge is 0.123 e. The van der Waals surface area contributed by atoms with E-state index >= 15 is 0 Å². The SMILES string of the molecule is Clc1ccc2c(c1)C(c1ccccc1)=NCC(=NCc1ccccc1)N2. The molecule has 1 N–H and O–H groups in total. The van der Waals surface area contributed by atoms with Crippen LogP contribution in [0.15, 0.2) is 88.8 Å². The van der Waals surface area contributed by atoms with Crippen LogP contribution in [0.3, 0.4) is 0 Å². The fraction of sp³-hybridized carbons (Fsp3) is 0.0909. The highest BCUT2D eigenvalue weighted by atomic mass is 35.5. The predicted octanol–water partition coefficient (Wildman–Crippen LogP) is 5.20. The number of benzene rings is 3. The van der Waals surface area contributed by atoms with Crippen LogP contribution in [0.2, 0.25) is 5.02 Å². The molecular weight excluding hydrogens is 342 g/mol. The van der Waals surface area contributed by atoms with Gasteiger partial charge in [-0.2, -0.15) is 0 Å². The van der Waals surface area contributed by atoms with Gasteiger partial charge in [0.25, 0.3) is 0 Å². The van der Waals surface area contributed by atoms with E-state index in [0.29, 0.717) is 18.1 Å². The largest absolute Gasteiger partial charge is 0.342 e. The van der Waals surface area contributed by atoms with E-state index in [1.165, 1.54) is 5.56 Å². The van der Waals surface area contributed by atoms with Crippen molar-refractivity contribution in [2.45, 2.75) is 6.54 Å². The fourth-order valence-corrected chi connectivity index (χ4v) is 3.13. The minimum atomic E-state index is 0.503. The van der Waals surface area contributed by atoms with E-state index in [1.807, 2.05) is 54.6 Å². The number of nitrogens with one attached hydrogen (secondary N) is 1. The van der Waals surface area contributed by atoms with Gasteiger partial charge in [0.15, 0.2) is 0 Å². The number of hydrogen-bond acceptors (Lipinski definition) is 2. The van der Waals surface area contributed by atoms with Crippen LogP contribution in [0.5, 0.6) is 0 Å². The summed E-state index contributed by atoms with van der Waals surface area (Å²) in [6, 6.07) is 26.2. The molecule has 26 heavy (non-hydrogen) atoms. The molecule has 0 radical (unpaired) electrons. The Morgan fingerprint density at radius 3 is 2.42 bits per heavy atom. The molecular formula is C22H18ClN3. The maximum absolute atomic E-state index is 6.25. The molecule has 0 spiro atoms. The molecule has 1 aliphatic heterocycles. The van der Waals surface area contributed by atoms with Gasteiger partial charge in [-0.15, -0.1) is 0 Å². The predicted molar refractivity (Wildman–Crippen MR) is 110 cm³/mol. The molecule has 1 aliphatic rings. The zero-order valence-corrected chi connectivity index (χ0v) is 14.9. The summed E-state index contributed by atoms with van der Waals surface area (Å²) in [7, 11) is 0. The minimum absolute atomic E-state index is 0.503. The van der Waals surface area contributed by atoms with Gasteiger partial charge in [-0.3, -0.25) is 9.98 Å². The summed E-state index contributed by atoms with van der Waals surface area (Å²) in [6.45, 7) is 1.13. The standard InChI is InChI=1S/C22H18ClN3/c23-18-11-12-20-19(13-18)22(17-9-5-2-6-10-17)25-15-21(26-20)24-14-16-7-3-1-4-8-16/h1-13H,14-15H2,(H,24,26). The highest BCUT2D eigenvalue weighted by Gasteiger charge is 2.17. The van der Waals surface area contributed by atoms with Crippen LogP contribution in [-0.4, -0.2) is 18.1 Å². The Bertz CT molecular complexity index is 963. The van der Waals surface area contributed by atoms with E-state index in [-0.39, 0.29) is 0 Å². The first-order valence-corrected chi connectivity index (χ1v) is 8.91. The highest BCUT2D eigenvalue weighted by Crippen LogP contribution is 2.26. The lowest BCUT2D eigenvalue weighted by atomic mass is 10.0. The Morgan fingerprint density at radius 1 is 0.923 bits per heavy atom. The summed E-state index contributed by atoms with van der Waals surface area (Å²) >= 11 is 6.25. The lowest BCUT2D eigenvalue weighted by molar-refractivity contribution is 1.05. The highest BCUT2D eigenvalue weighted by molar-refractivity contribution is 6.32. The third kappa shape index (κ3) is 3.68. The summed E-state index contributed by atoms with van der Waals surface area (Å²) in [6.07, 6.45) is 0. The van der Waals surface area contributed by atoms with Crippen LogP contribution in [0.1, 0.15) is 16.7 Å². The van der Waals surface area contributed by atoms with E-state index in [1.54, 1.807) is 0 Å². The number of hydrogen-bond donors (Lipinski definition) is 1. The molecule has 3 aromatic rings. The van der Waals surface area contributed by atoms with Gasteiger partial charge >= 0.3 is 0 Å². The second kappa shape index (κ2) is 7.54. The van der Waals surface area contributed by atoms with Crippen molar-refractivity contribution >= 4 is 28.8 Å². The van der Waals surface area contributed by atoms with Gasteiger partial charge in [-0.25, -0.2) is 0 Å². The molecule has 4 heteroatoms. The molecule has 0 saturated heterocycles. The lowest BCUT2D eigenvalue weighted by Crippen LogP contribution is -2.15. The molecule has 0 saturated carbocycles. The van der Waals surface area contributed by atoms with Gasteiger partial charge in [0, 0.05) is 21.8 Å². The Balaban J connectivity index is 1.71. The summed E-state index contributed by atoms with van der Waals surface area (Å²) in [5.41, 5.74) is 5.15. The van der Waals surface area contributed by atoms with Gasteiger partial charge < -0.3 is 5.32 Å². The molecule has 0 unspecified atom stereocenters. The minimum Gasteiger partial charge on any atom is -0.342 e. The number of aliphatic imine (C=N–C) groups is 2. The molecule has 0 bridgehead atoms. The molecule has 0 amide bonds. The molecule has 4 rings (SSSR count). The number of benzodiazepines with no additional fused rings is 1. The number of fused-ring (bicyclic) bond motifs is 1.